The summed E-state index contributed by atoms with van der Waals surface area (Å²) in [4.78, 5) is 13.0. The summed E-state index contributed by atoms with van der Waals surface area (Å²) in [5.74, 6) is 0.259. The predicted molar refractivity (Wildman–Crippen MR) is 44.6 cm³/mol. The van der Waals surface area contributed by atoms with Gasteiger partial charge in [0.25, 0.3) is 0 Å². The molecule has 0 aromatic rings. The van der Waals surface area contributed by atoms with Gasteiger partial charge >= 0.3 is 0 Å². The molecule has 0 radical (unpaired) electrons. The summed E-state index contributed by atoms with van der Waals surface area (Å²) in [7, 11) is 0. The van der Waals surface area contributed by atoms with E-state index < -0.39 is 0 Å². The largest absolute Gasteiger partial charge is 0.338 e. The highest BCUT2D eigenvalue weighted by Gasteiger charge is 2.37. The van der Waals surface area contributed by atoms with Gasteiger partial charge in [0.1, 0.15) is 0 Å². The van der Waals surface area contributed by atoms with E-state index in [1.807, 2.05) is 4.90 Å². The van der Waals surface area contributed by atoms with E-state index in [2.05, 4.69) is 0 Å². The number of carbonyl (C=O) groups excluding carboxylic acids is 1. The van der Waals surface area contributed by atoms with Crippen molar-refractivity contribution < 1.29 is 4.79 Å². The van der Waals surface area contributed by atoms with E-state index in [9.17, 15) is 4.79 Å². The van der Waals surface area contributed by atoms with Gasteiger partial charge in [-0.3, -0.25) is 4.79 Å². The smallest absolute Gasteiger partial charge is 0.224 e. The molecule has 4 heteroatoms. The lowest BCUT2D eigenvalue weighted by Gasteiger charge is -2.13. The molecule has 64 valence electrons. The molecule has 11 heavy (non-hydrogen) atoms. The summed E-state index contributed by atoms with van der Waals surface area (Å²) in [5.41, 5.74) is 5.62. The number of hydrogen-bond donors (Lipinski definition) is 1. The second-order valence-corrected chi connectivity index (χ2v) is 3.24. The van der Waals surface area contributed by atoms with Crippen LogP contribution in [0.2, 0.25) is 0 Å². The monoisotopic (exact) mass is 176 g/mol. The highest BCUT2D eigenvalue weighted by Crippen LogP contribution is 2.29. The fourth-order valence-corrected chi connectivity index (χ4v) is 1.50. The molecule has 2 fully saturated rings. The number of likely N-dealkylation sites (tertiary alicyclic amines) is 1. The molecule has 1 heterocycles. The van der Waals surface area contributed by atoms with Gasteiger partial charge in [0.15, 0.2) is 0 Å². The molecule has 2 aliphatic rings. The Balaban J connectivity index is 0.000000605. The molecule has 1 saturated heterocycles. The van der Waals surface area contributed by atoms with E-state index in [1.54, 1.807) is 0 Å². The molecule has 0 aromatic carbocycles. The number of nitrogens with two attached hydrogens (primary N) is 1. The maximum atomic E-state index is 11.1. The second kappa shape index (κ2) is 2.99. The van der Waals surface area contributed by atoms with E-state index >= 15 is 0 Å². The van der Waals surface area contributed by atoms with Crippen LogP contribution in [0.25, 0.3) is 0 Å². The number of amides is 1. The molecule has 0 aromatic heterocycles. The first kappa shape index (κ1) is 8.81. The summed E-state index contributed by atoms with van der Waals surface area (Å²) >= 11 is 0. The quantitative estimate of drug-likeness (QED) is 0.618. The van der Waals surface area contributed by atoms with Crippen molar-refractivity contribution in [2.75, 3.05) is 6.54 Å². The van der Waals surface area contributed by atoms with Crippen molar-refractivity contribution in [2.45, 2.75) is 31.3 Å². The Morgan fingerprint density at radius 2 is 2.09 bits per heavy atom. The fraction of sp³-hybridized carbons (Fsp3) is 0.857. The Bertz CT molecular complexity index is 170. The van der Waals surface area contributed by atoms with Crippen LogP contribution in [0.1, 0.15) is 19.3 Å². The molecular formula is C7H13ClN2O. The van der Waals surface area contributed by atoms with Gasteiger partial charge in [-0.05, 0) is 12.8 Å². The van der Waals surface area contributed by atoms with Crippen molar-refractivity contribution in [3.05, 3.63) is 0 Å². The summed E-state index contributed by atoms with van der Waals surface area (Å²) in [6.45, 7) is 0.795. The molecule has 3 nitrogen and oxygen atoms in total. The van der Waals surface area contributed by atoms with Gasteiger partial charge in [-0.1, -0.05) is 0 Å². The molecule has 2 N–H and O–H groups in total. The minimum atomic E-state index is 0. The molecule has 0 spiro atoms. The highest BCUT2D eigenvalue weighted by atomic mass is 35.5. The zero-order chi connectivity index (χ0) is 7.14. The average Bonchev–Trinajstić information content (AvgIpc) is 2.61. The number of halogens is 1. The lowest BCUT2D eigenvalue weighted by molar-refractivity contribution is -0.128. The van der Waals surface area contributed by atoms with E-state index in [-0.39, 0.29) is 24.4 Å². The number of rotatable bonds is 1. The number of nitrogens with zero attached hydrogens (tertiary/aromatic N) is 1. The maximum absolute atomic E-state index is 11.1. The molecule has 1 saturated carbocycles. The first-order valence-electron chi connectivity index (χ1n) is 3.82. The minimum absolute atomic E-state index is 0. The van der Waals surface area contributed by atoms with Crippen LogP contribution in [0, 0.1) is 0 Å². The van der Waals surface area contributed by atoms with Crippen molar-refractivity contribution in [3.8, 4) is 0 Å². The second-order valence-electron chi connectivity index (χ2n) is 3.24. The Hall–Kier alpha value is -0.280. The van der Waals surface area contributed by atoms with E-state index in [1.165, 1.54) is 12.8 Å². The van der Waals surface area contributed by atoms with E-state index in [0.717, 1.165) is 6.54 Å². The van der Waals surface area contributed by atoms with Crippen LogP contribution in [0.15, 0.2) is 0 Å². The van der Waals surface area contributed by atoms with Gasteiger partial charge in [-0.2, -0.15) is 0 Å². The lowest BCUT2D eigenvalue weighted by atomic mass is 10.3. The Morgan fingerprint density at radius 3 is 2.45 bits per heavy atom. The Morgan fingerprint density at radius 1 is 1.45 bits per heavy atom. The van der Waals surface area contributed by atoms with Gasteiger partial charge in [0.2, 0.25) is 5.91 Å². The number of carbonyl (C=O) groups is 1. The van der Waals surface area contributed by atoms with Crippen molar-refractivity contribution in [3.63, 3.8) is 0 Å². The Labute approximate surface area is 72.3 Å². The minimum Gasteiger partial charge on any atom is -0.338 e. The SMILES string of the molecule is Cl.N[C@H]1CC(=O)N(C2CC2)C1. The van der Waals surface area contributed by atoms with Crippen LogP contribution in [-0.2, 0) is 4.79 Å². The molecule has 1 atom stereocenters. The van der Waals surface area contributed by atoms with Crippen LogP contribution in [0.5, 0.6) is 0 Å². The van der Waals surface area contributed by atoms with Crippen LogP contribution in [-0.4, -0.2) is 29.4 Å². The van der Waals surface area contributed by atoms with Gasteiger partial charge in [-0.25, -0.2) is 0 Å². The molecule has 1 amide bonds. The summed E-state index contributed by atoms with van der Waals surface area (Å²) < 4.78 is 0. The van der Waals surface area contributed by atoms with Crippen molar-refractivity contribution >= 4 is 18.3 Å². The Kier molecular flexibility index (Phi) is 2.40. The highest BCUT2D eigenvalue weighted by molar-refractivity contribution is 5.85. The zero-order valence-corrected chi connectivity index (χ0v) is 7.14. The molecule has 2 rings (SSSR count). The third-order valence-corrected chi connectivity index (χ3v) is 2.18. The average molecular weight is 177 g/mol. The van der Waals surface area contributed by atoms with Crippen molar-refractivity contribution in [2.24, 2.45) is 5.73 Å². The lowest BCUT2D eigenvalue weighted by Crippen LogP contribution is -2.29. The van der Waals surface area contributed by atoms with E-state index in [4.69, 9.17) is 5.73 Å². The normalized spacial score (nSPS) is 30.5. The van der Waals surface area contributed by atoms with Crippen LogP contribution in [0.3, 0.4) is 0 Å². The van der Waals surface area contributed by atoms with E-state index in [0.29, 0.717) is 12.5 Å². The maximum Gasteiger partial charge on any atom is 0.224 e. The molecule has 1 aliphatic carbocycles. The molecular weight excluding hydrogens is 164 g/mol. The molecule has 1 aliphatic heterocycles. The van der Waals surface area contributed by atoms with Crippen molar-refractivity contribution in [1.82, 2.24) is 4.90 Å². The van der Waals surface area contributed by atoms with Gasteiger partial charge in [-0.15, -0.1) is 12.4 Å². The zero-order valence-electron chi connectivity index (χ0n) is 6.32. The van der Waals surface area contributed by atoms with Crippen LogP contribution >= 0.6 is 12.4 Å². The standard InChI is InChI=1S/C7H12N2O.ClH/c8-5-3-7(10)9(4-5)6-1-2-6;/h5-6H,1-4,8H2;1H/t5-;/m0./s1. The summed E-state index contributed by atoms with van der Waals surface area (Å²) in [5, 5.41) is 0. The van der Waals surface area contributed by atoms with Gasteiger partial charge in [0.05, 0.1) is 0 Å². The first-order chi connectivity index (χ1) is 4.77. The van der Waals surface area contributed by atoms with Gasteiger partial charge in [0, 0.05) is 25.0 Å². The summed E-state index contributed by atoms with van der Waals surface area (Å²) in [6.07, 6.45) is 2.95. The third-order valence-electron chi connectivity index (χ3n) is 2.18. The molecule has 0 bridgehead atoms. The third kappa shape index (κ3) is 1.65. The summed E-state index contributed by atoms with van der Waals surface area (Å²) in [6, 6.07) is 0.661. The van der Waals surface area contributed by atoms with Gasteiger partial charge < -0.3 is 10.6 Å². The first-order valence-corrected chi connectivity index (χ1v) is 3.82. The fourth-order valence-electron chi connectivity index (χ4n) is 1.50. The van der Waals surface area contributed by atoms with Crippen molar-refractivity contribution in [1.29, 1.82) is 0 Å². The van der Waals surface area contributed by atoms with Crippen LogP contribution < -0.4 is 5.73 Å². The molecule has 0 unspecified atom stereocenters. The predicted octanol–water partition coefficient (Wildman–Crippen LogP) is 0.130. The number of hydrogen-bond acceptors (Lipinski definition) is 2. The topological polar surface area (TPSA) is 46.3 Å². The van der Waals surface area contributed by atoms with Crippen LogP contribution in [0.4, 0.5) is 0 Å².